The van der Waals surface area contributed by atoms with Gasteiger partial charge in [-0.15, -0.1) is 0 Å². The maximum atomic E-state index is 13.2. The zero-order valence-corrected chi connectivity index (χ0v) is 25.1. The highest BCUT2D eigenvalue weighted by Gasteiger charge is 2.45. The molecule has 1 aromatic rings. The lowest BCUT2D eigenvalue weighted by Crippen LogP contribution is -2.57. The molecule has 5 aliphatic heterocycles. The second-order valence-corrected chi connectivity index (χ2v) is 13.3. The molecule has 7 nitrogen and oxygen atoms in total. The van der Waals surface area contributed by atoms with Crippen LogP contribution in [-0.4, -0.2) is 76.5 Å². The minimum absolute atomic E-state index is 0.0915. The number of aliphatic imine (C=N–C) groups is 1. The number of hydrogen-bond acceptors (Lipinski definition) is 6. The number of likely N-dealkylation sites (tertiary alicyclic amines) is 1. The van der Waals surface area contributed by atoms with Gasteiger partial charge in [0.2, 0.25) is 0 Å². The number of hydrogen-bond donors (Lipinski definition) is 1. The van der Waals surface area contributed by atoms with Crippen molar-refractivity contribution in [2.45, 2.75) is 107 Å². The van der Waals surface area contributed by atoms with Crippen LogP contribution in [0.2, 0.25) is 0 Å². The summed E-state index contributed by atoms with van der Waals surface area (Å²) in [5, 5.41) is 4.11. The Morgan fingerprint density at radius 1 is 1.05 bits per heavy atom. The van der Waals surface area contributed by atoms with E-state index >= 15 is 0 Å². The van der Waals surface area contributed by atoms with Crippen molar-refractivity contribution in [3.8, 4) is 0 Å². The second-order valence-electron chi connectivity index (χ2n) is 13.3. The summed E-state index contributed by atoms with van der Waals surface area (Å²) >= 11 is 0. The van der Waals surface area contributed by atoms with Crippen LogP contribution in [0.5, 0.6) is 0 Å². The van der Waals surface area contributed by atoms with E-state index in [-0.39, 0.29) is 11.3 Å². The highest BCUT2D eigenvalue weighted by Crippen LogP contribution is 2.43. The van der Waals surface area contributed by atoms with E-state index < -0.39 is 0 Å². The summed E-state index contributed by atoms with van der Waals surface area (Å²) in [4.78, 5) is 25.9. The maximum Gasteiger partial charge on any atom is 0.271 e. The third kappa shape index (κ3) is 5.25. The van der Waals surface area contributed by atoms with Crippen molar-refractivity contribution in [2.24, 2.45) is 10.1 Å². The van der Waals surface area contributed by atoms with Gasteiger partial charge in [0, 0.05) is 43.9 Å². The zero-order chi connectivity index (χ0) is 28.5. The van der Waals surface area contributed by atoms with E-state index in [2.05, 4.69) is 75.8 Å². The third-order valence-electron chi connectivity index (χ3n) is 11.0. The predicted molar refractivity (Wildman–Crippen MR) is 169 cm³/mol. The molecule has 222 valence electrons. The van der Waals surface area contributed by atoms with Gasteiger partial charge in [0.25, 0.3) is 5.91 Å². The van der Waals surface area contributed by atoms with Crippen molar-refractivity contribution in [1.29, 1.82) is 0 Å². The summed E-state index contributed by atoms with van der Waals surface area (Å²) < 4.78 is 0. The molecular formula is C35H46N6O. The van der Waals surface area contributed by atoms with Crippen molar-refractivity contribution >= 4 is 18.0 Å². The summed E-state index contributed by atoms with van der Waals surface area (Å²) in [6.45, 7) is 4.97. The van der Waals surface area contributed by atoms with Crippen LogP contribution in [0.3, 0.4) is 0 Å². The number of allylic oxidation sites excluding steroid dienone is 3. The fourth-order valence-electron chi connectivity index (χ4n) is 8.82. The molecule has 1 aromatic carbocycles. The maximum absolute atomic E-state index is 13.2. The number of fused-ring (bicyclic) bond motifs is 3. The molecule has 0 aromatic heterocycles. The van der Waals surface area contributed by atoms with Crippen molar-refractivity contribution in [3.05, 3.63) is 71.6 Å². The van der Waals surface area contributed by atoms with E-state index in [9.17, 15) is 4.79 Å². The molecule has 4 atom stereocenters. The molecule has 1 amide bonds. The summed E-state index contributed by atoms with van der Waals surface area (Å²) in [6.07, 6.45) is 23.3. The fourth-order valence-corrected chi connectivity index (χ4v) is 8.82. The van der Waals surface area contributed by atoms with Crippen molar-refractivity contribution in [3.63, 3.8) is 0 Å². The average Bonchev–Trinajstić information content (AvgIpc) is 3.33. The first-order chi connectivity index (χ1) is 20.6. The van der Waals surface area contributed by atoms with Gasteiger partial charge in [-0.1, -0.05) is 55.3 Å². The van der Waals surface area contributed by atoms with Gasteiger partial charge in [-0.05, 0) is 88.0 Å². The molecule has 42 heavy (non-hydrogen) atoms. The number of piperidine rings is 2. The number of amidine groups is 1. The van der Waals surface area contributed by atoms with Crippen molar-refractivity contribution < 1.29 is 4.79 Å². The van der Waals surface area contributed by atoms with Gasteiger partial charge in [0.05, 0.1) is 11.7 Å². The lowest BCUT2D eigenvalue weighted by atomic mass is 9.70. The quantitative estimate of drug-likeness (QED) is 0.493. The molecule has 7 heteroatoms. The standard InChI is InChI=1S/C35H46N6O/c1-26-37-31-14-7-8-16-33(31)41(26)30-24-28-12-5-6-13-29(25-30)40(28)23-19-35(27-10-3-2-4-11-27)17-21-39(22-18-35)34(42)32-15-9-20-36-38-32/h2-4,7-8,10-11,14-15,20,28-30,33,38H,5-6,9,12-13,16-19,21-25H2,1H3/t28-,29?,30?,33?/m0/s1. The van der Waals surface area contributed by atoms with Crippen molar-refractivity contribution in [2.75, 3.05) is 19.6 Å². The molecule has 3 fully saturated rings. The molecule has 0 saturated carbocycles. The Morgan fingerprint density at radius 3 is 2.52 bits per heavy atom. The molecule has 6 aliphatic rings. The van der Waals surface area contributed by atoms with Gasteiger partial charge < -0.3 is 9.80 Å². The summed E-state index contributed by atoms with van der Waals surface area (Å²) in [7, 11) is 0. The molecule has 2 bridgehead atoms. The Kier molecular flexibility index (Phi) is 7.78. The molecule has 3 unspecified atom stereocenters. The van der Waals surface area contributed by atoms with E-state index in [4.69, 9.17) is 4.99 Å². The average molecular weight is 567 g/mol. The van der Waals surface area contributed by atoms with Gasteiger partial charge in [-0.2, -0.15) is 5.10 Å². The van der Waals surface area contributed by atoms with E-state index in [1.54, 1.807) is 6.21 Å². The van der Waals surface area contributed by atoms with Crippen LogP contribution in [0.15, 0.2) is 76.1 Å². The zero-order valence-electron chi connectivity index (χ0n) is 25.1. The van der Waals surface area contributed by atoms with E-state index in [1.165, 1.54) is 55.6 Å². The molecule has 5 heterocycles. The number of carbonyl (C=O) groups is 1. The normalized spacial score (nSPS) is 30.5. The Balaban J connectivity index is 1.06. The molecule has 1 N–H and O–H groups in total. The Labute approximate surface area is 251 Å². The third-order valence-corrected chi connectivity index (χ3v) is 11.0. The summed E-state index contributed by atoms with van der Waals surface area (Å²) in [6, 6.07) is 13.5. The van der Waals surface area contributed by atoms with E-state index in [0.29, 0.717) is 36.3 Å². The monoisotopic (exact) mass is 566 g/mol. The largest absolute Gasteiger partial charge is 0.348 e. The van der Waals surface area contributed by atoms with Crippen LogP contribution < -0.4 is 5.43 Å². The minimum atomic E-state index is 0.0915. The van der Waals surface area contributed by atoms with Crippen LogP contribution in [0.1, 0.15) is 83.1 Å². The number of rotatable bonds is 6. The SMILES string of the molecule is CC1=NC2=CC=CCC2N1C1CC2CCCC[C@@H](C1)N2CCC1(c2ccccc2)CCN(C(=O)C2=CCC=NN2)CC1. The van der Waals surface area contributed by atoms with Crippen molar-refractivity contribution in [1.82, 2.24) is 20.1 Å². The Bertz CT molecular complexity index is 1290. The topological polar surface area (TPSA) is 63.5 Å². The predicted octanol–water partition coefficient (Wildman–Crippen LogP) is 5.52. The first kappa shape index (κ1) is 27.6. The van der Waals surface area contributed by atoms with Gasteiger partial charge in [0.1, 0.15) is 11.5 Å². The number of carbonyl (C=O) groups excluding carboxylic acids is 1. The number of hydrazone groups is 1. The van der Waals surface area contributed by atoms with Gasteiger partial charge >= 0.3 is 0 Å². The lowest BCUT2D eigenvalue weighted by Gasteiger charge is -2.50. The number of benzene rings is 1. The smallest absolute Gasteiger partial charge is 0.271 e. The second kappa shape index (κ2) is 11.8. The fraction of sp³-hybridized carbons (Fsp3) is 0.571. The summed E-state index contributed by atoms with van der Waals surface area (Å²) in [5.74, 6) is 1.31. The van der Waals surface area contributed by atoms with E-state index in [0.717, 1.165) is 45.3 Å². The van der Waals surface area contributed by atoms with Crippen LogP contribution >= 0.6 is 0 Å². The highest BCUT2D eigenvalue weighted by molar-refractivity contribution is 5.94. The number of amides is 1. The molecule has 0 spiro atoms. The summed E-state index contributed by atoms with van der Waals surface area (Å²) in [5.41, 5.74) is 6.37. The molecular weight excluding hydrogens is 520 g/mol. The Hall–Kier alpha value is -3.19. The van der Waals surface area contributed by atoms with Crippen LogP contribution in [0.25, 0.3) is 0 Å². The minimum Gasteiger partial charge on any atom is -0.348 e. The number of nitrogens with one attached hydrogen (secondary N) is 1. The lowest BCUT2D eigenvalue weighted by molar-refractivity contribution is -0.129. The van der Waals surface area contributed by atoms with Gasteiger partial charge in [-0.25, -0.2) is 4.99 Å². The Morgan fingerprint density at radius 2 is 1.81 bits per heavy atom. The van der Waals surface area contributed by atoms with Crippen LogP contribution in [0.4, 0.5) is 0 Å². The van der Waals surface area contributed by atoms with E-state index in [1.807, 2.05) is 11.0 Å². The molecule has 1 aliphatic carbocycles. The first-order valence-electron chi connectivity index (χ1n) is 16.4. The molecule has 0 radical (unpaired) electrons. The molecule has 7 rings (SSSR count). The highest BCUT2D eigenvalue weighted by atomic mass is 16.2. The van der Waals surface area contributed by atoms with Gasteiger partial charge in [0.15, 0.2) is 0 Å². The van der Waals surface area contributed by atoms with Crippen LogP contribution in [-0.2, 0) is 10.2 Å². The number of nitrogens with zero attached hydrogens (tertiary/aromatic N) is 5. The van der Waals surface area contributed by atoms with Gasteiger partial charge in [-0.3, -0.25) is 15.1 Å². The first-order valence-corrected chi connectivity index (χ1v) is 16.4. The van der Waals surface area contributed by atoms with Crippen LogP contribution in [0, 0.1) is 0 Å². The molecule has 3 saturated heterocycles.